The first-order valence-electron chi connectivity index (χ1n) is 8.36. The van der Waals surface area contributed by atoms with Crippen LogP contribution in [0.1, 0.15) is 17.3 Å². The standard InChI is InChI=1S/C21H19N3O/c1-2-24-19-10-6-4-7-15(19)17-13-14(11-12-20(17)24)23-21(25)16-8-3-5-9-18(16)22/h3-13H,2,22H2,1H3,(H,23,25). The van der Waals surface area contributed by atoms with Crippen LogP contribution in [0.4, 0.5) is 11.4 Å². The second kappa shape index (κ2) is 5.98. The van der Waals surface area contributed by atoms with E-state index in [0.717, 1.165) is 17.6 Å². The third-order valence-corrected chi connectivity index (χ3v) is 4.55. The van der Waals surface area contributed by atoms with Gasteiger partial charge in [0.05, 0.1) is 5.56 Å². The van der Waals surface area contributed by atoms with Crippen LogP contribution in [0.2, 0.25) is 0 Å². The summed E-state index contributed by atoms with van der Waals surface area (Å²) in [5.41, 5.74) is 9.99. The van der Waals surface area contributed by atoms with Gasteiger partial charge >= 0.3 is 0 Å². The van der Waals surface area contributed by atoms with E-state index < -0.39 is 0 Å². The largest absolute Gasteiger partial charge is 0.398 e. The van der Waals surface area contributed by atoms with Crippen molar-refractivity contribution in [3.8, 4) is 0 Å². The lowest BCUT2D eigenvalue weighted by molar-refractivity contribution is 0.102. The third-order valence-electron chi connectivity index (χ3n) is 4.55. The van der Waals surface area contributed by atoms with E-state index in [-0.39, 0.29) is 5.91 Å². The molecule has 4 heteroatoms. The number of carbonyl (C=O) groups is 1. The number of aromatic nitrogens is 1. The number of hydrogen-bond donors (Lipinski definition) is 2. The molecule has 0 saturated carbocycles. The average molecular weight is 329 g/mol. The topological polar surface area (TPSA) is 60.0 Å². The van der Waals surface area contributed by atoms with Crippen molar-refractivity contribution in [2.45, 2.75) is 13.5 Å². The van der Waals surface area contributed by atoms with Crippen molar-refractivity contribution in [1.29, 1.82) is 0 Å². The van der Waals surface area contributed by atoms with Gasteiger partial charge < -0.3 is 15.6 Å². The molecule has 0 radical (unpaired) electrons. The number of para-hydroxylation sites is 2. The van der Waals surface area contributed by atoms with E-state index in [1.165, 1.54) is 16.4 Å². The van der Waals surface area contributed by atoms with E-state index in [0.29, 0.717) is 11.3 Å². The average Bonchev–Trinajstić information content (AvgIpc) is 2.95. The Hall–Kier alpha value is -3.27. The van der Waals surface area contributed by atoms with Crippen molar-refractivity contribution in [1.82, 2.24) is 4.57 Å². The van der Waals surface area contributed by atoms with Gasteiger partial charge in [0.2, 0.25) is 0 Å². The zero-order valence-electron chi connectivity index (χ0n) is 14.0. The Morgan fingerprint density at radius 3 is 2.48 bits per heavy atom. The summed E-state index contributed by atoms with van der Waals surface area (Å²) < 4.78 is 2.28. The van der Waals surface area contributed by atoms with E-state index in [9.17, 15) is 4.79 Å². The summed E-state index contributed by atoms with van der Waals surface area (Å²) in [5, 5.41) is 5.28. The number of rotatable bonds is 3. The minimum Gasteiger partial charge on any atom is -0.398 e. The molecule has 25 heavy (non-hydrogen) atoms. The highest BCUT2D eigenvalue weighted by molar-refractivity contribution is 6.12. The summed E-state index contributed by atoms with van der Waals surface area (Å²) in [6, 6.07) is 21.4. The maximum absolute atomic E-state index is 12.5. The van der Waals surface area contributed by atoms with Crippen LogP contribution in [0.3, 0.4) is 0 Å². The number of nitrogen functional groups attached to an aromatic ring is 1. The normalized spacial score (nSPS) is 11.1. The zero-order chi connectivity index (χ0) is 17.4. The molecule has 4 nitrogen and oxygen atoms in total. The minimum absolute atomic E-state index is 0.198. The van der Waals surface area contributed by atoms with Crippen LogP contribution in [0.25, 0.3) is 21.8 Å². The number of benzene rings is 3. The SMILES string of the molecule is CCn1c2ccccc2c2cc(NC(=O)c3ccccc3N)ccc21. The summed E-state index contributed by atoms with van der Waals surface area (Å²) in [5.74, 6) is -0.198. The molecule has 3 aromatic carbocycles. The molecule has 0 spiro atoms. The molecule has 0 aliphatic heterocycles. The molecule has 0 bridgehead atoms. The molecule has 0 saturated heterocycles. The Morgan fingerprint density at radius 2 is 1.68 bits per heavy atom. The van der Waals surface area contributed by atoms with E-state index in [4.69, 9.17) is 5.73 Å². The fraction of sp³-hybridized carbons (Fsp3) is 0.0952. The van der Waals surface area contributed by atoms with E-state index >= 15 is 0 Å². The number of nitrogens with two attached hydrogens (primary N) is 1. The van der Waals surface area contributed by atoms with Crippen molar-refractivity contribution in [2.24, 2.45) is 0 Å². The van der Waals surface area contributed by atoms with Crippen molar-refractivity contribution < 1.29 is 4.79 Å². The van der Waals surface area contributed by atoms with Crippen molar-refractivity contribution in [3.05, 3.63) is 72.3 Å². The smallest absolute Gasteiger partial charge is 0.257 e. The van der Waals surface area contributed by atoms with Crippen LogP contribution >= 0.6 is 0 Å². The lowest BCUT2D eigenvalue weighted by Crippen LogP contribution is -2.13. The second-order valence-corrected chi connectivity index (χ2v) is 6.03. The van der Waals surface area contributed by atoms with Gasteiger partial charge in [0, 0.05) is 39.7 Å². The number of nitrogens with zero attached hydrogens (tertiary/aromatic N) is 1. The molecule has 0 aliphatic carbocycles. The van der Waals surface area contributed by atoms with Crippen molar-refractivity contribution >= 4 is 39.1 Å². The molecule has 124 valence electrons. The van der Waals surface area contributed by atoms with Crippen LogP contribution < -0.4 is 11.1 Å². The number of hydrogen-bond acceptors (Lipinski definition) is 2. The number of nitrogens with one attached hydrogen (secondary N) is 1. The fourth-order valence-corrected chi connectivity index (χ4v) is 3.37. The lowest BCUT2D eigenvalue weighted by atomic mass is 10.1. The summed E-state index contributed by atoms with van der Waals surface area (Å²) >= 11 is 0. The summed E-state index contributed by atoms with van der Waals surface area (Å²) in [4.78, 5) is 12.5. The Kier molecular flexibility index (Phi) is 3.65. The molecular formula is C21H19N3O. The predicted octanol–water partition coefficient (Wildman–Crippen LogP) is 4.65. The van der Waals surface area contributed by atoms with Gasteiger partial charge in [0.25, 0.3) is 5.91 Å². The Labute approximate surface area is 145 Å². The molecule has 0 fully saturated rings. The van der Waals surface area contributed by atoms with Gasteiger partial charge in [-0.25, -0.2) is 0 Å². The first-order valence-corrected chi connectivity index (χ1v) is 8.36. The van der Waals surface area contributed by atoms with Gasteiger partial charge in [0.15, 0.2) is 0 Å². The van der Waals surface area contributed by atoms with Crippen molar-refractivity contribution in [3.63, 3.8) is 0 Å². The minimum atomic E-state index is -0.198. The van der Waals surface area contributed by atoms with Gasteiger partial charge in [-0.05, 0) is 43.3 Å². The Bertz CT molecular complexity index is 1090. The van der Waals surface area contributed by atoms with Gasteiger partial charge in [0.1, 0.15) is 0 Å². The van der Waals surface area contributed by atoms with Gasteiger partial charge in [-0.2, -0.15) is 0 Å². The molecule has 0 atom stereocenters. The quantitative estimate of drug-likeness (QED) is 0.538. The highest BCUT2D eigenvalue weighted by atomic mass is 16.1. The molecule has 0 unspecified atom stereocenters. The third kappa shape index (κ3) is 2.52. The van der Waals surface area contributed by atoms with E-state index in [2.05, 4.69) is 35.0 Å². The molecule has 1 aromatic heterocycles. The summed E-state index contributed by atoms with van der Waals surface area (Å²) in [6.07, 6.45) is 0. The number of fused-ring (bicyclic) bond motifs is 3. The molecule has 0 aliphatic rings. The summed E-state index contributed by atoms with van der Waals surface area (Å²) in [6.45, 7) is 3.04. The van der Waals surface area contributed by atoms with Crippen molar-refractivity contribution in [2.75, 3.05) is 11.1 Å². The van der Waals surface area contributed by atoms with Crippen LogP contribution in [-0.2, 0) is 6.54 Å². The number of carbonyl (C=O) groups excluding carboxylic acids is 1. The zero-order valence-corrected chi connectivity index (χ0v) is 14.0. The second-order valence-electron chi connectivity index (χ2n) is 6.03. The van der Waals surface area contributed by atoms with Crippen LogP contribution in [0, 0.1) is 0 Å². The Morgan fingerprint density at radius 1 is 0.960 bits per heavy atom. The van der Waals surface area contributed by atoms with E-state index in [1.54, 1.807) is 12.1 Å². The summed E-state index contributed by atoms with van der Waals surface area (Å²) in [7, 11) is 0. The first kappa shape index (κ1) is 15.3. The van der Waals surface area contributed by atoms with Gasteiger partial charge in [-0.1, -0.05) is 30.3 Å². The number of aryl methyl sites for hydroxylation is 1. The first-order chi connectivity index (χ1) is 12.2. The van der Waals surface area contributed by atoms with Gasteiger partial charge in [-0.3, -0.25) is 4.79 Å². The maximum atomic E-state index is 12.5. The van der Waals surface area contributed by atoms with Crippen LogP contribution in [-0.4, -0.2) is 10.5 Å². The molecule has 4 rings (SSSR count). The fourth-order valence-electron chi connectivity index (χ4n) is 3.37. The highest BCUT2D eigenvalue weighted by Crippen LogP contribution is 2.31. The van der Waals surface area contributed by atoms with Crippen LogP contribution in [0.15, 0.2) is 66.7 Å². The highest BCUT2D eigenvalue weighted by Gasteiger charge is 2.12. The monoisotopic (exact) mass is 329 g/mol. The number of amides is 1. The van der Waals surface area contributed by atoms with Gasteiger partial charge in [-0.15, -0.1) is 0 Å². The molecule has 3 N–H and O–H groups in total. The van der Waals surface area contributed by atoms with E-state index in [1.807, 2.05) is 36.4 Å². The van der Waals surface area contributed by atoms with Crippen LogP contribution in [0.5, 0.6) is 0 Å². The molecule has 4 aromatic rings. The molecular weight excluding hydrogens is 310 g/mol. The molecule has 1 heterocycles. The lowest BCUT2D eigenvalue weighted by Gasteiger charge is -2.08. The number of anilines is 2. The Balaban J connectivity index is 1.78. The maximum Gasteiger partial charge on any atom is 0.257 e. The molecule has 1 amide bonds. The predicted molar refractivity (Wildman–Crippen MR) is 104 cm³/mol.